The van der Waals surface area contributed by atoms with Gasteiger partial charge < -0.3 is 4.57 Å². The Bertz CT molecular complexity index is 472. The van der Waals surface area contributed by atoms with Crippen molar-refractivity contribution in [2.24, 2.45) is 0 Å². The number of hydrogen-bond acceptors (Lipinski definition) is 1. The molecule has 1 aromatic heterocycles. The zero-order chi connectivity index (χ0) is 12.1. The third-order valence-electron chi connectivity index (χ3n) is 3.46. The van der Waals surface area contributed by atoms with Crippen LogP contribution in [0.5, 0.6) is 0 Å². The highest BCUT2D eigenvalue weighted by Gasteiger charge is 2.42. The van der Waals surface area contributed by atoms with E-state index in [1.54, 1.807) is 6.07 Å². The van der Waals surface area contributed by atoms with Crippen molar-refractivity contribution in [3.8, 4) is 0 Å². The molecule has 1 aromatic rings. The lowest BCUT2D eigenvalue weighted by atomic mass is 9.89. The molecule has 1 aliphatic rings. The van der Waals surface area contributed by atoms with E-state index in [-0.39, 0.29) is 16.5 Å². The Morgan fingerprint density at radius 2 is 1.81 bits per heavy atom. The van der Waals surface area contributed by atoms with Crippen molar-refractivity contribution < 1.29 is 0 Å². The topological polar surface area (TPSA) is 22.0 Å². The predicted octanol–water partition coefficient (Wildman–Crippen LogP) is 2.96. The maximum atomic E-state index is 12.2. The lowest BCUT2D eigenvalue weighted by molar-refractivity contribution is 0.432. The first kappa shape index (κ1) is 11.4. The smallest absolute Gasteiger partial charge is 0.251 e. The monoisotopic (exact) mass is 219 g/mol. The summed E-state index contributed by atoms with van der Waals surface area (Å²) in [4.78, 5) is 12.2. The van der Waals surface area contributed by atoms with Gasteiger partial charge in [0.15, 0.2) is 0 Å². The largest absolute Gasteiger partial charge is 0.306 e. The Hall–Kier alpha value is -1.05. The average molecular weight is 219 g/mol. The molecule has 0 spiro atoms. The van der Waals surface area contributed by atoms with Crippen LogP contribution in [-0.4, -0.2) is 4.57 Å². The first-order valence-electron chi connectivity index (χ1n) is 5.99. The lowest BCUT2D eigenvalue weighted by Crippen LogP contribution is -2.35. The van der Waals surface area contributed by atoms with Crippen molar-refractivity contribution in [2.75, 3.05) is 0 Å². The Morgan fingerprint density at radius 3 is 2.25 bits per heavy atom. The molecule has 0 amide bonds. The van der Waals surface area contributed by atoms with Crippen LogP contribution in [0.4, 0.5) is 0 Å². The van der Waals surface area contributed by atoms with Crippen molar-refractivity contribution in [1.29, 1.82) is 0 Å². The SMILES string of the molecule is Cc1cc(C(C)(C)C)n(C2(C)CC2)c(=O)c1. The number of aromatic nitrogens is 1. The highest BCUT2D eigenvalue weighted by Crippen LogP contribution is 2.44. The second-order valence-electron chi connectivity index (χ2n) is 6.34. The highest BCUT2D eigenvalue weighted by molar-refractivity contribution is 5.25. The quantitative estimate of drug-likeness (QED) is 0.711. The van der Waals surface area contributed by atoms with Gasteiger partial charge in [0.25, 0.3) is 5.56 Å². The first-order valence-corrected chi connectivity index (χ1v) is 5.99. The minimum Gasteiger partial charge on any atom is -0.306 e. The molecule has 16 heavy (non-hydrogen) atoms. The van der Waals surface area contributed by atoms with E-state index in [9.17, 15) is 4.79 Å². The Labute approximate surface area is 97.3 Å². The highest BCUT2D eigenvalue weighted by atomic mass is 16.1. The van der Waals surface area contributed by atoms with Crippen LogP contribution in [0.3, 0.4) is 0 Å². The Kier molecular flexibility index (Phi) is 2.30. The van der Waals surface area contributed by atoms with Gasteiger partial charge >= 0.3 is 0 Å². The van der Waals surface area contributed by atoms with E-state index in [1.165, 1.54) is 0 Å². The summed E-state index contributed by atoms with van der Waals surface area (Å²) < 4.78 is 2.01. The second kappa shape index (κ2) is 3.22. The molecule has 0 radical (unpaired) electrons. The Balaban J connectivity index is 2.71. The normalized spacial score (nSPS) is 18.6. The van der Waals surface area contributed by atoms with Crippen LogP contribution in [0, 0.1) is 6.92 Å². The van der Waals surface area contributed by atoms with Gasteiger partial charge in [-0.2, -0.15) is 0 Å². The van der Waals surface area contributed by atoms with Gasteiger partial charge in [0.1, 0.15) is 0 Å². The van der Waals surface area contributed by atoms with Crippen LogP contribution in [0.1, 0.15) is 51.8 Å². The molecule has 2 rings (SSSR count). The average Bonchev–Trinajstić information content (AvgIpc) is 2.81. The molecular weight excluding hydrogens is 198 g/mol. The standard InChI is InChI=1S/C14H21NO/c1-10-8-11(13(2,3)4)15(12(16)9-10)14(5)6-7-14/h8-9H,6-7H2,1-5H3. The number of rotatable bonds is 1. The van der Waals surface area contributed by atoms with Crippen LogP contribution in [-0.2, 0) is 11.0 Å². The van der Waals surface area contributed by atoms with Crippen LogP contribution < -0.4 is 5.56 Å². The molecule has 0 aromatic carbocycles. The third-order valence-corrected chi connectivity index (χ3v) is 3.46. The number of pyridine rings is 1. The van der Waals surface area contributed by atoms with E-state index >= 15 is 0 Å². The minimum atomic E-state index is 0.0246. The maximum absolute atomic E-state index is 12.2. The van der Waals surface area contributed by atoms with E-state index in [0.717, 1.165) is 24.1 Å². The van der Waals surface area contributed by atoms with Crippen molar-refractivity contribution in [3.05, 3.63) is 33.7 Å². The summed E-state index contributed by atoms with van der Waals surface area (Å²) in [6, 6.07) is 3.91. The summed E-state index contributed by atoms with van der Waals surface area (Å²) in [7, 11) is 0. The molecular formula is C14H21NO. The summed E-state index contributed by atoms with van der Waals surface area (Å²) in [5.74, 6) is 0. The van der Waals surface area contributed by atoms with Crippen molar-refractivity contribution in [1.82, 2.24) is 4.57 Å². The molecule has 1 aliphatic carbocycles. The Morgan fingerprint density at radius 1 is 1.25 bits per heavy atom. The molecule has 1 fully saturated rings. The van der Waals surface area contributed by atoms with Crippen LogP contribution in [0.15, 0.2) is 16.9 Å². The number of hydrogen-bond donors (Lipinski definition) is 0. The molecule has 1 saturated carbocycles. The fourth-order valence-electron chi connectivity index (χ4n) is 2.21. The molecule has 1 heterocycles. The fourth-order valence-corrected chi connectivity index (χ4v) is 2.21. The van der Waals surface area contributed by atoms with Gasteiger partial charge in [-0.05, 0) is 38.3 Å². The molecule has 2 heteroatoms. The van der Waals surface area contributed by atoms with E-state index in [4.69, 9.17) is 0 Å². The molecule has 0 aliphatic heterocycles. The van der Waals surface area contributed by atoms with Gasteiger partial charge in [0, 0.05) is 22.7 Å². The van der Waals surface area contributed by atoms with Gasteiger partial charge in [-0.15, -0.1) is 0 Å². The van der Waals surface area contributed by atoms with Crippen LogP contribution >= 0.6 is 0 Å². The summed E-state index contributed by atoms with van der Waals surface area (Å²) in [6.45, 7) is 10.7. The molecule has 0 saturated heterocycles. The summed E-state index contributed by atoms with van der Waals surface area (Å²) in [6.07, 6.45) is 2.25. The van der Waals surface area contributed by atoms with Crippen LogP contribution in [0.2, 0.25) is 0 Å². The maximum Gasteiger partial charge on any atom is 0.251 e. The third kappa shape index (κ3) is 1.81. The van der Waals surface area contributed by atoms with Crippen LogP contribution in [0.25, 0.3) is 0 Å². The summed E-state index contributed by atoms with van der Waals surface area (Å²) in [5, 5.41) is 0. The van der Waals surface area contributed by atoms with Gasteiger partial charge in [-0.1, -0.05) is 20.8 Å². The number of nitrogens with zero attached hydrogens (tertiary/aromatic N) is 1. The second-order valence-corrected chi connectivity index (χ2v) is 6.34. The van der Waals surface area contributed by atoms with Crippen molar-refractivity contribution >= 4 is 0 Å². The molecule has 0 unspecified atom stereocenters. The first-order chi connectivity index (χ1) is 7.24. The molecule has 2 nitrogen and oxygen atoms in total. The molecule has 0 N–H and O–H groups in total. The molecule has 0 bridgehead atoms. The van der Waals surface area contributed by atoms with Crippen molar-refractivity contribution in [2.45, 2.75) is 58.4 Å². The zero-order valence-electron chi connectivity index (χ0n) is 10.9. The fraction of sp³-hybridized carbons (Fsp3) is 0.643. The van der Waals surface area contributed by atoms with Gasteiger partial charge in [-0.3, -0.25) is 4.79 Å². The van der Waals surface area contributed by atoms with Gasteiger partial charge in [-0.25, -0.2) is 0 Å². The minimum absolute atomic E-state index is 0.0246. The summed E-state index contributed by atoms with van der Waals surface area (Å²) in [5.41, 5.74) is 2.49. The summed E-state index contributed by atoms with van der Waals surface area (Å²) >= 11 is 0. The zero-order valence-corrected chi connectivity index (χ0v) is 10.9. The van der Waals surface area contributed by atoms with E-state index in [0.29, 0.717) is 0 Å². The predicted molar refractivity (Wildman–Crippen MR) is 67.0 cm³/mol. The lowest BCUT2D eigenvalue weighted by Gasteiger charge is -2.28. The van der Waals surface area contributed by atoms with E-state index in [1.807, 2.05) is 11.5 Å². The van der Waals surface area contributed by atoms with Gasteiger partial charge in [0.2, 0.25) is 0 Å². The van der Waals surface area contributed by atoms with Gasteiger partial charge in [0.05, 0.1) is 0 Å². The van der Waals surface area contributed by atoms with E-state index in [2.05, 4.69) is 33.8 Å². The van der Waals surface area contributed by atoms with E-state index < -0.39 is 0 Å². The molecule has 0 atom stereocenters. The molecule has 88 valence electrons. The number of aryl methyl sites for hydroxylation is 1. The van der Waals surface area contributed by atoms with Crippen molar-refractivity contribution in [3.63, 3.8) is 0 Å².